The van der Waals surface area contributed by atoms with Crippen molar-refractivity contribution >= 4 is 16.9 Å². The van der Waals surface area contributed by atoms with Crippen molar-refractivity contribution in [1.29, 1.82) is 0 Å². The molecule has 104 valence electrons. The average Bonchev–Trinajstić information content (AvgIpc) is 2.46. The number of carboxylic acids is 1. The molecule has 5 heteroatoms. The lowest BCUT2D eigenvalue weighted by Crippen LogP contribution is -2.01. The van der Waals surface area contributed by atoms with Crippen molar-refractivity contribution in [2.75, 3.05) is 0 Å². The summed E-state index contributed by atoms with van der Waals surface area (Å²) >= 11 is 0. The minimum Gasteiger partial charge on any atom is -0.478 e. The molecule has 3 rings (SSSR count). The SMILES string of the molecule is O=C(O)c1cc(-c2ccccc2F)nc2cc(F)ccc12. The van der Waals surface area contributed by atoms with Crippen LogP contribution in [0, 0.1) is 11.6 Å². The summed E-state index contributed by atoms with van der Waals surface area (Å²) in [4.78, 5) is 15.5. The van der Waals surface area contributed by atoms with Crippen molar-refractivity contribution in [1.82, 2.24) is 4.98 Å². The Bertz CT molecular complexity index is 862. The van der Waals surface area contributed by atoms with E-state index in [-0.39, 0.29) is 22.3 Å². The van der Waals surface area contributed by atoms with Crippen LogP contribution < -0.4 is 0 Å². The van der Waals surface area contributed by atoms with E-state index in [0.717, 1.165) is 6.07 Å². The predicted molar refractivity (Wildman–Crippen MR) is 74.1 cm³/mol. The summed E-state index contributed by atoms with van der Waals surface area (Å²) in [5.74, 6) is -2.22. The van der Waals surface area contributed by atoms with E-state index in [1.807, 2.05) is 0 Å². The van der Waals surface area contributed by atoms with Gasteiger partial charge in [-0.2, -0.15) is 0 Å². The van der Waals surface area contributed by atoms with Gasteiger partial charge in [-0.25, -0.2) is 18.6 Å². The molecule has 0 atom stereocenters. The molecule has 0 unspecified atom stereocenters. The first-order valence-electron chi connectivity index (χ1n) is 6.15. The van der Waals surface area contributed by atoms with Crippen LogP contribution in [-0.2, 0) is 0 Å². The first-order valence-corrected chi connectivity index (χ1v) is 6.15. The molecule has 0 aliphatic rings. The molecule has 2 aromatic carbocycles. The van der Waals surface area contributed by atoms with Gasteiger partial charge < -0.3 is 5.11 Å². The minimum absolute atomic E-state index is 0.0433. The number of carbonyl (C=O) groups is 1. The first-order chi connectivity index (χ1) is 10.1. The van der Waals surface area contributed by atoms with Crippen LogP contribution in [0.1, 0.15) is 10.4 Å². The summed E-state index contributed by atoms with van der Waals surface area (Å²) in [6, 6.07) is 10.8. The molecule has 0 aliphatic carbocycles. The Morgan fingerprint density at radius 3 is 2.52 bits per heavy atom. The van der Waals surface area contributed by atoms with Gasteiger partial charge in [-0.3, -0.25) is 0 Å². The predicted octanol–water partition coefficient (Wildman–Crippen LogP) is 3.88. The van der Waals surface area contributed by atoms with Crippen LogP contribution in [0.4, 0.5) is 8.78 Å². The molecule has 0 saturated carbocycles. The second kappa shape index (κ2) is 4.94. The zero-order chi connectivity index (χ0) is 15.0. The highest BCUT2D eigenvalue weighted by molar-refractivity contribution is 6.03. The molecular weight excluding hydrogens is 276 g/mol. The van der Waals surface area contributed by atoms with Gasteiger partial charge in [0.05, 0.1) is 16.8 Å². The molecule has 3 nitrogen and oxygen atoms in total. The second-order valence-corrected chi connectivity index (χ2v) is 4.50. The van der Waals surface area contributed by atoms with Gasteiger partial charge in [-0.1, -0.05) is 12.1 Å². The Morgan fingerprint density at radius 2 is 1.81 bits per heavy atom. The van der Waals surface area contributed by atoms with Crippen molar-refractivity contribution in [2.24, 2.45) is 0 Å². The quantitative estimate of drug-likeness (QED) is 0.777. The molecule has 0 amide bonds. The lowest BCUT2D eigenvalue weighted by Gasteiger charge is -2.08. The fourth-order valence-corrected chi connectivity index (χ4v) is 2.19. The third kappa shape index (κ3) is 2.33. The summed E-state index contributed by atoms with van der Waals surface area (Å²) < 4.78 is 27.1. The van der Waals surface area contributed by atoms with Crippen molar-refractivity contribution in [3.05, 3.63) is 65.7 Å². The Labute approximate surface area is 118 Å². The van der Waals surface area contributed by atoms with Gasteiger partial charge in [-0.05, 0) is 30.3 Å². The molecule has 1 N–H and O–H groups in total. The molecular formula is C16H9F2NO2. The van der Waals surface area contributed by atoms with Crippen LogP contribution in [0.2, 0.25) is 0 Å². The molecule has 0 bridgehead atoms. The molecule has 0 spiro atoms. The maximum absolute atomic E-state index is 13.8. The van der Waals surface area contributed by atoms with E-state index in [9.17, 15) is 18.7 Å². The maximum atomic E-state index is 13.8. The zero-order valence-corrected chi connectivity index (χ0v) is 10.7. The number of hydrogen-bond acceptors (Lipinski definition) is 2. The highest BCUT2D eigenvalue weighted by Gasteiger charge is 2.15. The number of aromatic nitrogens is 1. The van der Waals surface area contributed by atoms with Gasteiger partial charge >= 0.3 is 5.97 Å². The molecule has 0 fully saturated rings. The summed E-state index contributed by atoms with van der Waals surface area (Å²) in [5, 5.41) is 9.59. The lowest BCUT2D eigenvalue weighted by atomic mass is 10.0. The minimum atomic E-state index is -1.17. The third-order valence-electron chi connectivity index (χ3n) is 3.15. The highest BCUT2D eigenvalue weighted by atomic mass is 19.1. The van der Waals surface area contributed by atoms with Crippen LogP contribution in [0.5, 0.6) is 0 Å². The summed E-state index contributed by atoms with van der Waals surface area (Å²) in [6.45, 7) is 0. The third-order valence-corrected chi connectivity index (χ3v) is 3.15. The monoisotopic (exact) mass is 285 g/mol. The Hall–Kier alpha value is -2.82. The number of pyridine rings is 1. The van der Waals surface area contributed by atoms with Crippen molar-refractivity contribution in [2.45, 2.75) is 0 Å². The number of benzene rings is 2. The number of nitrogens with zero attached hydrogens (tertiary/aromatic N) is 1. The topological polar surface area (TPSA) is 50.2 Å². The van der Waals surface area contributed by atoms with Crippen molar-refractivity contribution in [3.63, 3.8) is 0 Å². The number of rotatable bonds is 2. The molecule has 21 heavy (non-hydrogen) atoms. The zero-order valence-electron chi connectivity index (χ0n) is 10.7. The first kappa shape index (κ1) is 13.2. The normalized spacial score (nSPS) is 10.8. The summed E-state index contributed by atoms with van der Waals surface area (Å²) in [5.41, 5.74) is 0.459. The van der Waals surface area contributed by atoms with E-state index in [1.165, 1.54) is 36.4 Å². The van der Waals surface area contributed by atoms with Crippen LogP contribution in [0.25, 0.3) is 22.2 Å². The summed E-state index contributed by atoms with van der Waals surface area (Å²) in [7, 11) is 0. The fraction of sp³-hybridized carbons (Fsp3) is 0. The van der Waals surface area contributed by atoms with E-state index in [2.05, 4.69) is 4.98 Å². The van der Waals surface area contributed by atoms with Gasteiger partial charge in [0.25, 0.3) is 0 Å². The molecule has 0 saturated heterocycles. The molecule has 1 heterocycles. The van der Waals surface area contributed by atoms with Crippen LogP contribution in [0.15, 0.2) is 48.5 Å². The standard InChI is InChI=1S/C16H9F2NO2/c17-9-5-6-10-12(16(20)21)8-15(19-14(10)7-9)11-3-1-2-4-13(11)18/h1-8H,(H,20,21). The number of aromatic carboxylic acids is 1. The van der Waals surface area contributed by atoms with Crippen LogP contribution in [0.3, 0.4) is 0 Å². The smallest absolute Gasteiger partial charge is 0.336 e. The van der Waals surface area contributed by atoms with E-state index in [0.29, 0.717) is 5.39 Å². The lowest BCUT2D eigenvalue weighted by molar-refractivity contribution is 0.0699. The fourth-order valence-electron chi connectivity index (χ4n) is 2.19. The van der Waals surface area contributed by atoms with Crippen molar-refractivity contribution in [3.8, 4) is 11.3 Å². The number of halogens is 2. The molecule has 3 aromatic rings. The van der Waals surface area contributed by atoms with E-state index >= 15 is 0 Å². The van der Waals surface area contributed by atoms with Gasteiger partial charge in [0, 0.05) is 17.0 Å². The van der Waals surface area contributed by atoms with E-state index < -0.39 is 17.6 Å². The highest BCUT2D eigenvalue weighted by Crippen LogP contribution is 2.27. The Balaban J connectivity index is 2.35. The Kier molecular flexibility index (Phi) is 3.10. The average molecular weight is 285 g/mol. The molecule has 0 radical (unpaired) electrons. The second-order valence-electron chi connectivity index (χ2n) is 4.50. The van der Waals surface area contributed by atoms with Gasteiger partial charge in [0.1, 0.15) is 11.6 Å². The van der Waals surface area contributed by atoms with Gasteiger partial charge in [0.15, 0.2) is 0 Å². The maximum Gasteiger partial charge on any atom is 0.336 e. The van der Waals surface area contributed by atoms with Gasteiger partial charge in [0.2, 0.25) is 0 Å². The molecule has 0 aliphatic heterocycles. The Morgan fingerprint density at radius 1 is 1.05 bits per heavy atom. The van der Waals surface area contributed by atoms with Crippen LogP contribution >= 0.6 is 0 Å². The number of hydrogen-bond donors (Lipinski definition) is 1. The van der Waals surface area contributed by atoms with Crippen molar-refractivity contribution < 1.29 is 18.7 Å². The summed E-state index contributed by atoms with van der Waals surface area (Å²) in [6.07, 6.45) is 0. The van der Waals surface area contributed by atoms with Crippen LogP contribution in [-0.4, -0.2) is 16.1 Å². The number of carboxylic acid groups (broad SMARTS) is 1. The number of fused-ring (bicyclic) bond motifs is 1. The van der Waals surface area contributed by atoms with E-state index in [4.69, 9.17) is 0 Å². The largest absolute Gasteiger partial charge is 0.478 e. The molecule has 1 aromatic heterocycles. The van der Waals surface area contributed by atoms with E-state index in [1.54, 1.807) is 6.07 Å². The van der Waals surface area contributed by atoms with Gasteiger partial charge in [-0.15, -0.1) is 0 Å².